The van der Waals surface area contributed by atoms with Crippen molar-refractivity contribution in [2.24, 2.45) is 28.2 Å². The van der Waals surface area contributed by atoms with Gasteiger partial charge in [0.25, 0.3) is 0 Å². The van der Waals surface area contributed by atoms with Crippen molar-refractivity contribution in [3.8, 4) is 79.4 Å². The van der Waals surface area contributed by atoms with E-state index < -0.39 is 5.89 Å². The lowest BCUT2D eigenvalue weighted by atomic mass is 9.97. The van der Waals surface area contributed by atoms with E-state index in [1.807, 2.05) is 68.7 Å². The zero-order valence-corrected chi connectivity index (χ0v) is 61.9. The monoisotopic (exact) mass is 1390 g/mol. The molecule has 0 unspecified atom stereocenters. The van der Waals surface area contributed by atoms with Crippen molar-refractivity contribution in [2.45, 2.75) is 153 Å². The minimum atomic E-state index is -0.845. The molecule has 0 radical (unpaired) electrons. The third-order valence-corrected chi connectivity index (χ3v) is 19.6. The van der Waals surface area contributed by atoms with Crippen molar-refractivity contribution >= 4 is 44.9 Å². The lowest BCUT2D eigenvalue weighted by molar-refractivity contribution is -0.635. The molecule has 0 amide bonds. The molecule has 0 saturated carbocycles. The summed E-state index contributed by atoms with van der Waals surface area (Å²) in [6, 6.07) is 58.8. The van der Waals surface area contributed by atoms with E-state index in [9.17, 15) is 0 Å². The molecule has 8 heterocycles. The Balaban J connectivity index is 0.000000175. The smallest absolute Gasteiger partial charge is 0.370 e. The molecule has 0 saturated heterocycles. The second-order valence-corrected chi connectivity index (χ2v) is 27.5. The number of oxazole rings is 4. The van der Waals surface area contributed by atoms with Gasteiger partial charge in [0.2, 0.25) is 22.3 Å². The SMILES string of the molecule is C.C.C.C.Cc1cc(C)c(C)c(-c2ccc3oc(-c4c(C)cccc4C)nc3[n+]2C)c1.Cc1cc(C)c(C)c(-c2ccc3oc(-c4ccccc4)nc3[n+]2C)c1.Cc1ccc(-c2nc3c(ccc(-c4cc(C)cc(C)c4C)[n+]3C)o2)cc1.[2H]C(C)(C)c1nc2c(ccc(-c3cc(C)cc(C)c3C)[n+]2C)o1. The van der Waals surface area contributed by atoms with Crippen LogP contribution in [0.2, 0.25) is 0 Å². The Hall–Kier alpha value is -11.0. The van der Waals surface area contributed by atoms with Gasteiger partial charge < -0.3 is 17.7 Å². The van der Waals surface area contributed by atoms with Crippen molar-refractivity contribution in [3.63, 3.8) is 0 Å². The summed E-state index contributed by atoms with van der Waals surface area (Å²) in [5.74, 6) is 1.59. The van der Waals surface area contributed by atoms with Crippen LogP contribution in [-0.4, -0.2) is 19.9 Å². The topological polar surface area (TPSA) is 120 Å². The van der Waals surface area contributed by atoms with E-state index in [1.165, 1.54) is 106 Å². The van der Waals surface area contributed by atoms with Crippen LogP contribution in [-0.2, 0) is 28.2 Å². The van der Waals surface area contributed by atoms with E-state index in [2.05, 4.69) is 256 Å². The van der Waals surface area contributed by atoms with Gasteiger partial charge in [-0.3, -0.25) is 0 Å². The molecule has 0 N–H and O–H groups in total. The van der Waals surface area contributed by atoms with E-state index in [0.29, 0.717) is 29.1 Å². The molecular formula is C92H108N8O4+4. The quantitative estimate of drug-likeness (QED) is 0.138. The third-order valence-electron chi connectivity index (χ3n) is 19.6. The fourth-order valence-electron chi connectivity index (χ4n) is 13.5. The number of aromatic nitrogens is 8. The number of hydrogen-bond acceptors (Lipinski definition) is 8. The molecule has 0 spiro atoms. The highest BCUT2D eigenvalue weighted by molar-refractivity contribution is 5.78. The first-order valence-corrected chi connectivity index (χ1v) is 34.2. The largest absolute Gasteiger partial charge is 0.414 e. The minimum Gasteiger partial charge on any atom is -0.414 e. The second kappa shape index (κ2) is 32.1. The number of pyridine rings is 4. The van der Waals surface area contributed by atoms with Gasteiger partial charge in [0.15, 0.2) is 0 Å². The molecule has 15 rings (SSSR count). The average Bonchev–Trinajstić information content (AvgIpc) is 1.70. The Morgan fingerprint density at radius 1 is 0.298 bits per heavy atom. The first kappa shape index (κ1) is 77.2. The number of fused-ring (bicyclic) bond motifs is 4. The van der Waals surface area contributed by atoms with Gasteiger partial charge in [-0.2, -0.15) is 0 Å². The van der Waals surface area contributed by atoms with Gasteiger partial charge in [0.05, 0.1) is 50.8 Å². The molecule has 0 fully saturated rings. The number of hydrogen-bond donors (Lipinski definition) is 0. The molecule has 0 aliphatic carbocycles. The second-order valence-electron chi connectivity index (χ2n) is 27.5. The Morgan fingerprint density at radius 2 is 0.596 bits per heavy atom. The van der Waals surface area contributed by atoms with Crippen molar-refractivity contribution in [3.05, 3.63) is 259 Å². The van der Waals surface area contributed by atoms with Crippen molar-refractivity contribution < 1.29 is 37.3 Å². The van der Waals surface area contributed by atoms with Gasteiger partial charge in [-0.05, 0) is 262 Å². The van der Waals surface area contributed by atoms with E-state index in [4.69, 9.17) is 34.0 Å². The Labute approximate surface area is 618 Å². The summed E-state index contributed by atoms with van der Waals surface area (Å²) in [7, 11) is 8.16. The summed E-state index contributed by atoms with van der Waals surface area (Å²) in [4.78, 5) is 18.9. The molecular weight excluding hydrogens is 1280 g/mol. The van der Waals surface area contributed by atoms with E-state index in [0.717, 1.165) is 78.8 Å². The fraction of sp³-hybridized carbons (Fsp3) is 0.283. The molecule has 0 atom stereocenters. The van der Waals surface area contributed by atoms with E-state index in [1.54, 1.807) is 13.8 Å². The lowest BCUT2D eigenvalue weighted by Gasteiger charge is -2.10. The molecule has 12 nitrogen and oxygen atoms in total. The average molecular weight is 1390 g/mol. The van der Waals surface area contributed by atoms with Crippen molar-refractivity contribution in [1.29, 1.82) is 0 Å². The van der Waals surface area contributed by atoms with Gasteiger partial charge in [-0.15, -0.1) is 0 Å². The molecule has 15 aromatic rings. The zero-order valence-electron chi connectivity index (χ0n) is 62.9. The molecule has 7 aromatic carbocycles. The summed E-state index contributed by atoms with van der Waals surface area (Å²) in [6.07, 6.45) is 0. The number of rotatable bonds is 8. The van der Waals surface area contributed by atoms with Crippen LogP contribution >= 0.6 is 0 Å². The predicted molar refractivity (Wildman–Crippen MR) is 431 cm³/mol. The lowest BCUT2D eigenvalue weighted by Crippen LogP contribution is -2.32. The highest BCUT2D eigenvalue weighted by Crippen LogP contribution is 2.35. The maximum absolute atomic E-state index is 8.12. The van der Waals surface area contributed by atoms with Crippen LogP contribution in [0.25, 0.3) is 124 Å². The van der Waals surface area contributed by atoms with E-state index in [-0.39, 0.29) is 29.7 Å². The first-order valence-electron chi connectivity index (χ1n) is 34.7. The van der Waals surface area contributed by atoms with Crippen LogP contribution < -0.4 is 18.3 Å². The van der Waals surface area contributed by atoms with Crippen molar-refractivity contribution in [1.82, 2.24) is 19.9 Å². The van der Waals surface area contributed by atoms with Crippen molar-refractivity contribution in [2.75, 3.05) is 0 Å². The van der Waals surface area contributed by atoms with Gasteiger partial charge in [0.1, 0.15) is 22.8 Å². The molecule has 8 aromatic heterocycles. The Bertz CT molecular complexity index is 5670. The zero-order chi connectivity index (χ0) is 72.2. The standard InChI is InChI=1S/C24H25N2O.C23H23N2O.C22H21N2O.C19H23N2O.4CH4/c1-14-12-17(4)18(5)19(13-14)20-10-11-21-23(26(20)6)25-24(27-21)22-15(2)8-7-9-16(22)3;1-14-6-8-18(9-7-14)23-24-22-21(26-23)11-10-20(25(22)5)19-13-15(2)12-16(3)17(19)4;1-14-12-15(2)16(3)18(13-14)19-10-11-20-21(24(19)4)23-22(25-20)17-8-6-5-7-9-17;1-11(2)19-20-18-17(22-19)8-7-16(21(18)6)15-10-12(3)9-13(4)14(15)5;;;;/h7-13H,1-6H3;6-13H,1-5H3;5-13H,1-4H3;7-11H,1-6H3;4*1H4/q4*+1;;;;/i;;;11D;;;;. The predicted octanol–water partition coefficient (Wildman–Crippen LogP) is 22.6. The molecule has 0 aliphatic rings. The molecule has 104 heavy (non-hydrogen) atoms. The van der Waals surface area contributed by atoms with E-state index >= 15 is 0 Å². The summed E-state index contributed by atoms with van der Waals surface area (Å²) in [5, 5.41) is 0. The molecule has 0 aliphatic heterocycles. The fourth-order valence-corrected chi connectivity index (χ4v) is 13.5. The van der Waals surface area contributed by atoms with Gasteiger partial charge in [-0.25, -0.2) is 18.3 Å². The van der Waals surface area contributed by atoms with Crippen LogP contribution in [0.4, 0.5) is 0 Å². The normalized spacial score (nSPS) is 11.1. The molecule has 0 bridgehead atoms. The Kier molecular flexibility index (Phi) is 23.9. The first-order chi connectivity index (χ1) is 48.0. The summed E-state index contributed by atoms with van der Waals surface area (Å²) in [5.41, 5.74) is 38.0. The molecule has 12 heteroatoms. The number of aryl methyl sites for hydroxylation is 15. The van der Waals surface area contributed by atoms with Crippen LogP contribution in [0, 0.1) is 104 Å². The van der Waals surface area contributed by atoms with Crippen LogP contribution in [0.5, 0.6) is 0 Å². The van der Waals surface area contributed by atoms with Gasteiger partial charge >= 0.3 is 46.2 Å². The summed E-state index contributed by atoms with van der Waals surface area (Å²) >= 11 is 0. The van der Waals surface area contributed by atoms with Crippen LogP contribution in [0.1, 0.15) is 140 Å². The van der Waals surface area contributed by atoms with Crippen LogP contribution in [0.15, 0.2) is 188 Å². The maximum Gasteiger partial charge on any atom is 0.370 e. The Morgan fingerprint density at radius 3 is 0.933 bits per heavy atom. The number of nitrogens with zero attached hydrogens (tertiary/aromatic N) is 8. The van der Waals surface area contributed by atoms with Crippen LogP contribution in [0.3, 0.4) is 0 Å². The van der Waals surface area contributed by atoms with Gasteiger partial charge in [0, 0.05) is 38.6 Å². The maximum atomic E-state index is 8.12. The third kappa shape index (κ3) is 15.7. The minimum absolute atomic E-state index is 0. The number of benzene rings is 7. The summed E-state index contributed by atoms with van der Waals surface area (Å²) in [6.45, 7) is 35.7. The summed E-state index contributed by atoms with van der Waals surface area (Å²) < 4.78 is 40.4. The van der Waals surface area contributed by atoms with Gasteiger partial charge in [-0.1, -0.05) is 144 Å². The molecule has 536 valence electrons. The highest BCUT2D eigenvalue weighted by Gasteiger charge is 2.28. The highest BCUT2D eigenvalue weighted by atomic mass is 16.4.